The SMILES string of the molecule is O=C(O)C[C@H]1CN(CC(=O)O)[C@@H](CC(=O)O)CN(CC(=O)O)[C@@H](CC(=O)O)CN(CC(=O)O)[C@@H](CC(=O)O)CN1. The van der Waals surface area contributed by atoms with E-state index < -0.39 is 124 Å². The summed E-state index contributed by atoms with van der Waals surface area (Å²) in [6.07, 6.45) is -2.71. The predicted molar refractivity (Wildman–Crippen MR) is 130 cm³/mol. The predicted octanol–water partition coefficient (Wildman–Crippen LogP) is -2.88. The Labute approximate surface area is 227 Å². The average molecular weight is 579 g/mol. The molecule has 4 atom stereocenters. The first-order valence-corrected chi connectivity index (χ1v) is 12.0. The second-order valence-corrected chi connectivity index (χ2v) is 9.43. The van der Waals surface area contributed by atoms with Gasteiger partial charge >= 0.3 is 41.8 Å². The van der Waals surface area contributed by atoms with E-state index in [1.807, 2.05) is 0 Å². The smallest absolute Gasteiger partial charge is 0.317 e. The molecule has 226 valence electrons. The molecule has 1 heterocycles. The van der Waals surface area contributed by atoms with Crippen molar-refractivity contribution in [3.8, 4) is 0 Å². The molecule has 0 aliphatic carbocycles. The van der Waals surface area contributed by atoms with Gasteiger partial charge in [-0.05, 0) is 0 Å². The van der Waals surface area contributed by atoms with E-state index in [9.17, 15) is 69.3 Å². The Bertz CT molecular complexity index is 946. The average Bonchev–Trinajstić information content (AvgIpc) is 2.76. The lowest BCUT2D eigenvalue weighted by molar-refractivity contribution is -0.147. The molecule has 18 heteroatoms. The van der Waals surface area contributed by atoms with Crippen LogP contribution in [0.4, 0.5) is 0 Å². The summed E-state index contributed by atoms with van der Waals surface area (Å²) >= 11 is 0. The fourth-order valence-electron chi connectivity index (χ4n) is 4.64. The molecule has 0 aromatic heterocycles. The van der Waals surface area contributed by atoms with Crippen LogP contribution in [0.15, 0.2) is 0 Å². The minimum absolute atomic E-state index is 0.319. The summed E-state index contributed by atoms with van der Waals surface area (Å²) in [5.41, 5.74) is 0. The van der Waals surface area contributed by atoms with E-state index in [2.05, 4.69) is 5.32 Å². The van der Waals surface area contributed by atoms with Gasteiger partial charge in [0, 0.05) is 50.3 Å². The number of carboxylic acids is 7. The third-order valence-electron chi connectivity index (χ3n) is 6.20. The van der Waals surface area contributed by atoms with Gasteiger partial charge in [-0.1, -0.05) is 0 Å². The molecule has 0 bridgehead atoms. The van der Waals surface area contributed by atoms with E-state index in [4.69, 9.17) is 0 Å². The number of nitrogens with one attached hydrogen (secondary N) is 1. The van der Waals surface area contributed by atoms with Crippen LogP contribution in [-0.4, -0.2) is 162 Å². The maximum absolute atomic E-state index is 11.7. The normalized spacial score (nSPS) is 23.8. The lowest BCUT2D eigenvalue weighted by atomic mass is 10.0. The fourth-order valence-corrected chi connectivity index (χ4v) is 4.64. The molecule has 40 heavy (non-hydrogen) atoms. The summed E-state index contributed by atoms with van der Waals surface area (Å²) in [7, 11) is 0. The minimum Gasteiger partial charge on any atom is -0.481 e. The molecule has 0 unspecified atom stereocenters. The molecule has 1 rings (SSSR count). The highest BCUT2D eigenvalue weighted by molar-refractivity contribution is 5.72. The van der Waals surface area contributed by atoms with Gasteiger partial charge < -0.3 is 41.1 Å². The number of hydrogen-bond acceptors (Lipinski definition) is 11. The second kappa shape index (κ2) is 16.3. The number of carbonyl (C=O) groups is 7. The monoisotopic (exact) mass is 578 g/mol. The molecular formula is C22H34N4O14. The largest absolute Gasteiger partial charge is 0.481 e. The van der Waals surface area contributed by atoms with Gasteiger partial charge in [0.1, 0.15) is 0 Å². The van der Waals surface area contributed by atoms with Crippen molar-refractivity contribution in [2.24, 2.45) is 0 Å². The number of aliphatic carboxylic acids is 7. The molecule has 1 aliphatic heterocycles. The molecule has 1 fully saturated rings. The van der Waals surface area contributed by atoms with Gasteiger partial charge in [0.15, 0.2) is 0 Å². The van der Waals surface area contributed by atoms with Gasteiger partial charge in [0.05, 0.1) is 45.3 Å². The topological polar surface area (TPSA) is 283 Å². The molecule has 0 amide bonds. The van der Waals surface area contributed by atoms with Gasteiger partial charge in [-0.3, -0.25) is 48.3 Å². The van der Waals surface area contributed by atoms with E-state index in [1.54, 1.807) is 0 Å². The molecule has 18 nitrogen and oxygen atoms in total. The van der Waals surface area contributed by atoms with E-state index in [-0.39, 0.29) is 13.1 Å². The van der Waals surface area contributed by atoms with E-state index in [0.717, 1.165) is 14.7 Å². The zero-order chi connectivity index (χ0) is 30.6. The number of hydrogen-bond donors (Lipinski definition) is 8. The number of nitrogens with zero attached hydrogens (tertiary/aromatic N) is 3. The van der Waals surface area contributed by atoms with E-state index in [0.29, 0.717) is 0 Å². The Morgan fingerprint density at radius 3 is 1.15 bits per heavy atom. The van der Waals surface area contributed by atoms with Crippen molar-refractivity contribution >= 4 is 41.8 Å². The summed E-state index contributed by atoms with van der Waals surface area (Å²) < 4.78 is 0. The highest BCUT2D eigenvalue weighted by Crippen LogP contribution is 2.18. The van der Waals surface area contributed by atoms with Crippen LogP contribution in [0.2, 0.25) is 0 Å². The van der Waals surface area contributed by atoms with Crippen LogP contribution in [0.25, 0.3) is 0 Å². The summed E-state index contributed by atoms with van der Waals surface area (Å²) in [4.78, 5) is 84.9. The minimum atomic E-state index is -1.45. The first-order valence-electron chi connectivity index (χ1n) is 12.0. The fraction of sp³-hybridized carbons (Fsp3) is 0.682. The van der Waals surface area contributed by atoms with Crippen LogP contribution in [0, 0.1) is 0 Å². The Morgan fingerprint density at radius 1 is 0.475 bits per heavy atom. The quantitative estimate of drug-likeness (QED) is 0.103. The first kappa shape index (κ1) is 34.2. The molecule has 0 spiro atoms. The molecule has 8 N–H and O–H groups in total. The van der Waals surface area contributed by atoms with Crippen molar-refractivity contribution < 1.29 is 69.3 Å². The van der Waals surface area contributed by atoms with Crippen molar-refractivity contribution in [2.45, 2.75) is 49.9 Å². The van der Waals surface area contributed by atoms with Crippen molar-refractivity contribution in [2.75, 3.05) is 45.8 Å². The van der Waals surface area contributed by atoms with Gasteiger partial charge in [-0.15, -0.1) is 0 Å². The van der Waals surface area contributed by atoms with Gasteiger partial charge in [0.25, 0.3) is 0 Å². The van der Waals surface area contributed by atoms with Gasteiger partial charge in [0.2, 0.25) is 0 Å². The van der Waals surface area contributed by atoms with Crippen LogP contribution in [0.3, 0.4) is 0 Å². The second-order valence-electron chi connectivity index (χ2n) is 9.43. The molecule has 0 saturated carbocycles. The van der Waals surface area contributed by atoms with Gasteiger partial charge in [-0.2, -0.15) is 0 Å². The van der Waals surface area contributed by atoms with Gasteiger partial charge in [-0.25, -0.2) is 0 Å². The Morgan fingerprint density at radius 2 is 0.800 bits per heavy atom. The molecule has 0 aromatic rings. The Hall–Kier alpha value is -3.87. The van der Waals surface area contributed by atoms with Crippen LogP contribution in [-0.2, 0) is 33.6 Å². The zero-order valence-corrected chi connectivity index (χ0v) is 21.4. The summed E-state index contributed by atoms with van der Waals surface area (Å²) in [6.45, 7) is -4.04. The van der Waals surface area contributed by atoms with E-state index in [1.165, 1.54) is 0 Å². The highest BCUT2D eigenvalue weighted by atomic mass is 16.4. The first-order chi connectivity index (χ1) is 18.6. The number of carboxylic acid groups (broad SMARTS) is 7. The lowest BCUT2D eigenvalue weighted by Crippen LogP contribution is -2.59. The maximum atomic E-state index is 11.7. The maximum Gasteiger partial charge on any atom is 0.317 e. The standard InChI is InChI=1S/C22H34N4O14/c27-16(28)1-12-6-24(9-20(35)36)14(3-18(31)32)8-26(11-22(39)40)15(4-19(33)34)7-25(10-21(37)38)13(5-23-12)2-17(29)30/h12-15,23H,1-11H2,(H,27,28)(H,29,30)(H,31,32)(H,33,34)(H,35,36)(H,37,38)(H,39,40)/t12-,13-,14-,15-/m0/s1. The van der Waals surface area contributed by atoms with E-state index >= 15 is 0 Å². The van der Waals surface area contributed by atoms with Crippen molar-refractivity contribution in [1.29, 1.82) is 0 Å². The number of rotatable bonds is 14. The zero-order valence-electron chi connectivity index (χ0n) is 21.4. The molecule has 0 radical (unpaired) electrons. The van der Waals surface area contributed by atoms with Crippen molar-refractivity contribution in [3.63, 3.8) is 0 Å². The third kappa shape index (κ3) is 13.3. The lowest BCUT2D eigenvalue weighted by Gasteiger charge is -2.42. The molecule has 1 saturated heterocycles. The molecule has 1 aliphatic rings. The van der Waals surface area contributed by atoms with Crippen LogP contribution in [0.5, 0.6) is 0 Å². The molecular weight excluding hydrogens is 544 g/mol. The third-order valence-corrected chi connectivity index (χ3v) is 6.20. The van der Waals surface area contributed by atoms with Crippen LogP contribution in [0.1, 0.15) is 25.7 Å². The van der Waals surface area contributed by atoms with Crippen molar-refractivity contribution in [3.05, 3.63) is 0 Å². The Kier molecular flexibility index (Phi) is 13.9. The molecule has 0 aromatic carbocycles. The summed E-state index contributed by atoms with van der Waals surface area (Å²) in [5, 5.41) is 69.2. The summed E-state index contributed by atoms with van der Waals surface area (Å²) in [5.74, 6) is -9.72. The van der Waals surface area contributed by atoms with Crippen LogP contribution < -0.4 is 5.32 Å². The Balaban J connectivity index is 3.77. The van der Waals surface area contributed by atoms with Crippen LogP contribution >= 0.6 is 0 Å². The highest BCUT2D eigenvalue weighted by Gasteiger charge is 2.36. The summed E-state index contributed by atoms with van der Waals surface area (Å²) in [6, 6.07) is -4.68. The van der Waals surface area contributed by atoms with Crippen molar-refractivity contribution in [1.82, 2.24) is 20.0 Å².